The van der Waals surface area contributed by atoms with Crippen molar-refractivity contribution >= 4 is 11.9 Å². The van der Waals surface area contributed by atoms with Gasteiger partial charge in [0.25, 0.3) is 0 Å². The van der Waals surface area contributed by atoms with E-state index in [9.17, 15) is 9.59 Å². The molecule has 0 aromatic carbocycles. The fourth-order valence-corrected chi connectivity index (χ4v) is 2.14. The average Bonchev–Trinajstić information content (AvgIpc) is 2.38. The normalized spacial score (nSPS) is 21.2. The topological polar surface area (TPSA) is 72.6 Å². The zero-order valence-electron chi connectivity index (χ0n) is 10.9. The summed E-state index contributed by atoms with van der Waals surface area (Å²) in [5.41, 5.74) is 5.76. The Kier molecular flexibility index (Phi) is 5.85. The molecular formula is C13H22N2O3. The smallest absolute Gasteiger partial charge is 0.310 e. The second-order valence-electron chi connectivity index (χ2n) is 4.51. The molecule has 1 amide bonds. The van der Waals surface area contributed by atoms with Crippen molar-refractivity contribution in [2.45, 2.75) is 32.2 Å². The van der Waals surface area contributed by atoms with Crippen molar-refractivity contribution in [3.8, 4) is 0 Å². The van der Waals surface area contributed by atoms with Crippen molar-refractivity contribution in [1.82, 2.24) is 4.90 Å². The van der Waals surface area contributed by atoms with Gasteiger partial charge in [0.05, 0.1) is 18.6 Å². The molecule has 5 nitrogen and oxygen atoms in total. The van der Waals surface area contributed by atoms with Crippen LogP contribution in [0.4, 0.5) is 0 Å². The van der Waals surface area contributed by atoms with Gasteiger partial charge in [-0.2, -0.15) is 0 Å². The maximum Gasteiger partial charge on any atom is 0.310 e. The highest BCUT2D eigenvalue weighted by Gasteiger charge is 2.30. The zero-order chi connectivity index (χ0) is 13.5. The summed E-state index contributed by atoms with van der Waals surface area (Å²) in [5, 5.41) is 0. The zero-order valence-corrected chi connectivity index (χ0v) is 10.9. The molecule has 0 saturated carbocycles. The first kappa shape index (κ1) is 14.7. The number of likely N-dealkylation sites (tertiary alicyclic amines) is 1. The van der Waals surface area contributed by atoms with Crippen LogP contribution in [-0.2, 0) is 14.3 Å². The molecule has 2 N–H and O–H groups in total. The Bertz CT molecular complexity index is 317. The third-order valence-corrected chi connectivity index (χ3v) is 3.09. The molecule has 1 rings (SSSR count). The van der Waals surface area contributed by atoms with Crippen molar-refractivity contribution in [2.24, 2.45) is 11.7 Å². The molecule has 5 heteroatoms. The van der Waals surface area contributed by atoms with Crippen LogP contribution in [0.1, 0.15) is 26.2 Å². The summed E-state index contributed by atoms with van der Waals surface area (Å²) >= 11 is 0. The van der Waals surface area contributed by atoms with Crippen LogP contribution >= 0.6 is 0 Å². The van der Waals surface area contributed by atoms with Crippen molar-refractivity contribution in [3.63, 3.8) is 0 Å². The third-order valence-electron chi connectivity index (χ3n) is 3.09. The molecule has 102 valence electrons. The predicted molar refractivity (Wildman–Crippen MR) is 68.7 cm³/mol. The average molecular weight is 254 g/mol. The van der Waals surface area contributed by atoms with Gasteiger partial charge in [0.2, 0.25) is 5.91 Å². The standard InChI is InChI=1S/C13H22N2O3/c1-3-6-11(14)12(16)15-8-5-7-10(9-15)13(17)18-4-2/h3,10-11H,1,4-9,14H2,2H3. The van der Waals surface area contributed by atoms with E-state index < -0.39 is 6.04 Å². The Morgan fingerprint density at radius 1 is 1.61 bits per heavy atom. The molecule has 2 atom stereocenters. The van der Waals surface area contributed by atoms with Gasteiger partial charge in [-0.1, -0.05) is 6.08 Å². The lowest BCUT2D eigenvalue weighted by Gasteiger charge is -2.33. The minimum atomic E-state index is -0.552. The van der Waals surface area contributed by atoms with E-state index in [2.05, 4.69) is 6.58 Å². The summed E-state index contributed by atoms with van der Waals surface area (Å²) in [6.07, 6.45) is 3.68. The molecule has 0 spiro atoms. The number of hydrogen-bond acceptors (Lipinski definition) is 4. The number of carbonyl (C=O) groups excluding carboxylic acids is 2. The van der Waals surface area contributed by atoms with E-state index >= 15 is 0 Å². The molecule has 1 heterocycles. The number of amides is 1. The number of carbonyl (C=O) groups is 2. The molecular weight excluding hydrogens is 232 g/mol. The number of ether oxygens (including phenoxy) is 1. The Morgan fingerprint density at radius 2 is 2.33 bits per heavy atom. The van der Waals surface area contributed by atoms with Gasteiger partial charge >= 0.3 is 5.97 Å². The number of rotatable bonds is 5. The number of nitrogens with zero attached hydrogens (tertiary/aromatic N) is 1. The first-order valence-corrected chi connectivity index (χ1v) is 6.42. The molecule has 1 fully saturated rings. The van der Waals surface area contributed by atoms with E-state index in [0.29, 0.717) is 26.1 Å². The Hall–Kier alpha value is -1.36. The first-order valence-electron chi connectivity index (χ1n) is 6.42. The first-order chi connectivity index (χ1) is 8.60. The van der Waals surface area contributed by atoms with Crippen LogP contribution in [0.5, 0.6) is 0 Å². The van der Waals surface area contributed by atoms with Gasteiger partial charge < -0.3 is 15.4 Å². The fourth-order valence-electron chi connectivity index (χ4n) is 2.14. The van der Waals surface area contributed by atoms with Gasteiger partial charge in [-0.25, -0.2) is 0 Å². The number of nitrogens with two attached hydrogens (primary N) is 1. The fraction of sp³-hybridized carbons (Fsp3) is 0.692. The van der Waals surface area contributed by atoms with E-state index in [1.54, 1.807) is 17.9 Å². The Morgan fingerprint density at radius 3 is 2.94 bits per heavy atom. The van der Waals surface area contributed by atoms with Crippen LogP contribution in [0.3, 0.4) is 0 Å². The van der Waals surface area contributed by atoms with Crippen molar-refractivity contribution < 1.29 is 14.3 Å². The maximum atomic E-state index is 12.0. The molecule has 0 bridgehead atoms. The SMILES string of the molecule is C=CCC(N)C(=O)N1CCCC(C(=O)OCC)C1. The Balaban J connectivity index is 2.55. The lowest BCUT2D eigenvalue weighted by atomic mass is 9.97. The molecule has 0 aromatic rings. The third kappa shape index (κ3) is 3.84. The highest BCUT2D eigenvalue weighted by molar-refractivity contribution is 5.83. The molecule has 2 unspecified atom stereocenters. The number of piperidine rings is 1. The molecule has 0 aliphatic carbocycles. The van der Waals surface area contributed by atoms with Crippen LogP contribution in [0.15, 0.2) is 12.7 Å². The maximum absolute atomic E-state index is 12.0. The van der Waals surface area contributed by atoms with E-state index in [1.807, 2.05) is 0 Å². The van der Waals surface area contributed by atoms with E-state index in [4.69, 9.17) is 10.5 Å². The summed E-state index contributed by atoms with van der Waals surface area (Å²) in [6, 6.07) is -0.552. The van der Waals surface area contributed by atoms with E-state index in [0.717, 1.165) is 12.8 Å². The van der Waals surface area contributed by atoms with Crippen LogP contribution in [0, 0.1) is 5.92 Å². The molecule has 0 radical (unpaired) electrons. The van der Waals surface area contributed by atoms with Crippen molar-refractivity contribution in [3.05, 3.63) is 12.7 Å². The van der Waals surface area contributed by atoms with Gasteiger partial charge in [0.15, 0.2) is 0 Å². The summed E-state index contributed by atoms with van der Waals surface area (Å²) in [4.78, 5) is 25.3. The summed E-state index contributed by atoms with van der Waals surface area (Å²) in [7, 11) is 0. The largest absolute Gasteiger partial charge is 0.466 e. The molecule has 0 aromatic heterocycles. The minimum Gasteiger partial charge on any atom is -0.466 e. The number of hydrogen-bond donors (Lipinski definition) is 1. The molecule has 18 heavy (non-hydrogen) atoms. The van der Waals surface area contributed by atoms with Gasteiger partial charge in [-0.05, 0) is 26.2 Å². The van der Waals surface area contributed by atoms with Crippen LogP contribution in [-0.4, -0.2) is 42.5 Å². The summed E-state index contributed by atoms with van der Waals surface area (Å²) in [5.74, 6) is -0.533. The summed E-state index contributed by atoms with van der Waals surface area (Å²) in [6.45, 7) is 6.81. The van der Waals surface area contributed by atoms with Gasteiger partial charge in [-0.15, -0.1) is 6.58 Å². The van der Waals surface area contributed by atoms with Gasteiger partial charge in [-0.3, -0.25) is 9.59 Å². The quantitative estimate of drug-likeness (QED) is 0.579. The van der Waals surface area contributed by atoms with Crippen LogP contribution in [0.25, 0.3) is 0 Å². The van der Waals surface area contributed by atoms with Crippen molar-refractivity contribution in [2.75, 3.05) is 19.7 Å². The van der Waals surface area contributed by atoms with E-state index in [-0.39, 0.29) is 17.8 Å². The second kappa shape index (κ2) is 7.16. The Labute approximate surface area is 108 Å². The second-order valence-corrected chi connectivity index (χ2v) is 4.51. The molecule has 1 aliphatic rings. The predicted octanol–water partition coefficient (Wildman–Crippen LogP) is 0.691. The lowest BCUT2D eigenvalue weighted by molar-refractivity contribution is -0.151. The van der Waals surface area contributed by atoms with Gasteiger partial charge in [0, 0.05) is 13.1 Å². The highest BCUT2D eigenvalue weighted by Crippen LogP contribution is 2.18. The molecule has 1 saturated heterocycles. The van der Waals surface area contributed by atoms with Crippen LogP contribution in [0.2, 0.25) is 0 Å². The summed E-state index contributed by atoms with van der Waals surface area (Å²) < 4.78 is 4.99. The molecule has 1 aliphatic heterocycles. The highest BCUT2D eigenvalue weighted by atomic mass is 16.5. The lowest BCUT2D eigenvalue weighted by Crippen LogP contribution is -2.49. The van der Waals surface area contributed by atoms with Crippen molar-refractivity contribution in [1.29, 1.82) is 0 Å². The monoisotopic (exact) mass is 254 g/mol. The van der Waals surface area contributed by atoms with Gasteiger partial charge in [0.1, 0.15) is 0 Å². The van der Waals surface area contributed by atoms with E-state index in [1.165, 1.54) is 0 Å². The minimum absolute atomic E-state index is 0.108. The van der Waals surface area contributed by atoms with Crippen LogP contribution < -0.4 is 5.73 Å². The number of esters is 1.